The Morgan fingerprint density at radius 1 is 1.21 bits per heavy atom. The maximum atomic E-state index is 10.8. The first-order valence-electron chi connectivity index (χ1n) is 3.91. The minimum atomic E-state index is -1.00. The molecule has 14 heavy (non-hydrogen) atoms. The van der Waals surface area contributed by atoms with Crippen molar-refractivity contribution in [2.75, 3.05) is 0 Å². The summed E-state index contributed by atoms with van der Waals surface area (Å²) in [5, 5.41) is 22.9. The van der Waals surface area contributed by atoms with Crippen molar-refractivity contribution in [3.63, 3.8) is 0 Å². The highest BCUT2D eigenvalue weighted by molar-refractivity contribution is 5.89. The van der Waals surface area contributed by atoms with Crippen molar-refractivity contribution in [1.29, 1.82) is 0 Å². The zero-order chi connectivity index (χ0) is 9.97. The molecule has 0 spiro atoms. The highest BCUT2D eigenvalue weighted by Gasteiger charge is 2.19. The molecule has 6 nitrogen and oxygen atoms in total. The molecule has 0 saturated heterocycles. The van der Waals surface area contributed by atoms with E-state index >= 15 is 0 Å². The molecule has 0 aliphatic carbocycles. The topological polar surface area (TPSA) is 86.7 Å². The third kappa shape index (κ3) is 1.37. The van der Waals surface area contributed by atoms with Gasteiger partial charge in [-0.05, 0) is 16.5 Å². The second-order valence-corrected chi connectivity index (χ2v) is 2.68. The summed E-state index contributed by atoms with van der Waals surface area (Å²) in [4.78, 5) is 10.8. The van der Waals surface area contributed by atoms with Crippen LogP contribution in [0.3, 0.4) is 0 Å². The first kappa shape index (κ1) is 8.49. The molecule has 0 atom stereocenters. The molecule has 0 aromatic heterocycles. The molecule has 6 heteroatoms. The Labute approximate surface area is 79.0 Å². The predicted octanol–water partition coefficient (Wildman–Crippen LogP) is 2.22. The summed E-state index contributed by atoms with van der Waals surface area (Å²) < 4.78 is 0. The highest BCUT2D eigenvalue weighted by atomic mass is 16.4. The SMILES string of the molecule is O=C(O)c1ccccc1C1N=NN=N1. The maximum Gasteiger partial charge on any atom is 0.336 e. The number of benzene rings is 1. The van der Waals surface area contributed by atoms with Crippen LogP contribution in [0.25, 0.3) is 0 Å². The lowest BCUT2D eigenvalue weighted by Crippen LogP contribution is -2.03. The van der Waals surface area contributed by atoms with Crippen molar-refractivity contribution in [2.24, 2.45) is 20.7 Å². The lowest BCUT2D eigenvalue weighted by atomic mass is 10.1. The van der Waals surface area contributed by atoms with E-state index in [2.05, 4.69) is 20.7 Å². The summed E-state index contributed by atoms with van der Waals surface area (Å²) in [7, 11) is 0. The molecule has 1 aliphatic rings. The van der Waals surface area contributed by atoms with Crippen LogP contribution in [0.15, 0.2) is 44.9 Å². The number of carbonyl (C=O) groups is 1. The van der Waals surface area contributed by atoms with Crippen LogP contribution in [0, 0.1) is 0 Å². The van der Waals surface area contributed by atoms with E-state index < -0.39 is 12.1 Å². The Bertz CT molecular complexity index is 415. The van der Waals surface area contributed by atoms with Crippen LogP contribution in [0.5, 0.6) is 0 Å². The Balaban J connectivity index is 2.46. The van der Waals surface area contributed by atoms with E-state index in [9.17, 15) is 4.79 Å². The van der Waals surface area contributed by atoms with Crippen molar-refractivity contribution in [3.05, 3.63) is 35.4 Å². The standard InChI is InChI=1S/C8H6N4O2/c13-8(14)6-4-2-1-3-5(6)7-9-11-12-10-7/h1-4,7H,(H,13,14). The number of carboxylic acids is 1. The van der Waals surface area contributed by atoms with Crippen LogP contribution in [0.1, 0.15) is 22.1 Å². The Hall–Kier alpha value is -2.11. The molecule has 0 radical (unpaired) electrons. The minimum Gasteiger partial charge on any atom is -0.478 e. The van der Waals surface area contributed by atoms with Gasteiger partial charge in [-0.1, -0.05) is 18.2 Å². The number of rotatable bonds is 2. The van der Waals surface area contributed by atoms with Gasteiger partial charge in [-0.25, -0.2) is 4.79 Å². The second-order valence-electron chi connectivity index (χ2n) is 2.68. The van der Waals surface area contributed by atoms with E-state index in [-0.39, 0.29) is 5.56 Å². The zero-order valence-electron chi connectivity index (χ0n) is 7.03. The van der Waals surface area contributed by atoms with E-state index in [0.29, 0.717) is 5.56 Å². The maximum absolute atomic E-state index is 10.8. The van der Waals surface area contributed by atoms with Gasteiger partial charge in [0.2, 0.25) is 6.17 Å². The third-order valence-corrected chi connectivity index (χ3v) is 1.83. The summed E-state index contributed by atoms with van der Waals surface area (Å²) in [6.45, 7) is 0. The van der Waals surface area contributed by atoms with Gasteiger partial charge in [0.25, 0.3) is 0 Å². The van der Waals surface area contributed by atoms with Crippen molar-refractivity contribution in [2.45, 2.75) is 6.17 Å². The lowest BCUT2D eigenvalue weighted by molar-refractivity contribution is 0.0695. The van der Waals surface area contributed by atoms with Gasteiger partial charge in [-0.15, -0.1) is 10.2 Å². The van der Waals surface area contributed by atoms with Gasteiger partial charge in [-0.3, -0.25) is 0 Å². The Morgan fingerprint density at radius 3 is 2.50 bits per heavy atom. The summed E-state index contributed by atoms with van der Waals surface area (Å²) >= 11 is 0. The number of aromatic carboxylic acids is 1. The van der Waals surface area contributed by atoms with Crippen LogP contribution in [-0.2, 0) is 0 Å². The van der Waals surface area contributed by atoms with Crippen molar-refractivity contribution in [3.8, 4) is 0 Å². The second kappa shape index (κ2) is 3.33. The number of hydrogen-bond donors (Lipinski definition) is 1. The summed E-state index contributed by atoms with van der Waals surface area (Å²) in [6, 6.07) is 6.53. The van der Waals surface area contributed by atoms with Gasteiger partial charge in [0.05, 0.1) is 5.56 Å². The fourth-order valence-corrected chi connectivity index (χ4v) is 1.21. The molecule has 0 amide bonds. The zero-order valence-corrected chi connectivity index (χ0v) is 7.03. The van der Waals surface area contributed by atoms with E-state index in [1.54, 1.807) is 18.2 Å². The van der Waals surface area contributed by atoms with Crippen LogP contribution >= 0.6 is 0 Å². The Kier molecular flexibility index (Phi) is 2.02. The largest absolute Gasteiger partial charge is 0.478 e. The van der Waals surface area contributed by atoms with Gasteiger partial charge < -0.3 is 5.11 Å². The molecule has 1 aliphatic heterocycles. The molecule has 1 aromatic rings. The lowest BCUT2D eigenvalue weighted by Gasteiger charge is -2.04. The minimum absolute atomic E-state index is 0.178. The van der Waals surface area contributed by atoms with Crippen molar-refractivity contribution >= 4 is 5.97 Å². The van der Waals surface area contributed by atoms with E-state index in [1.807, 2.05) is 0 Å². The molecule has 1 aromatic carbocycles. The monoisotopic (exact) mass is 190 g/mol. The molecular formula is C8H6N4O2. The van der Waals surface area contributed by atoms with E-state index in [4.69, 9.17) is 5.11 Å². The molecular weight excluding hydrogens is 184 g/mol. The van der Waals surface area contributed by atoms with Crippen LogP contribution < -0.4 is 0 Å². The molecule has 2 rings (SSSR count). The number of nitrogens with zero attached hydrogens (tertiary/aromatic N) is 4. The van der Waals surface area contributed by atoms with Crippen LogP contribution in [-0.4, -0.2) is 11.1 Å². The smallest absolute Gasteiger partial charge is 0.336 e. The first-order valence-corrected chi connectivity index (χ1v) is 3.91. The third-order valence-electron chi connectivity index (χ3n) is 1.83. The summed E-state index contributed by atoms with van der Waals surface area (Å²) in [6.07, 6.45) is -0.609. The van der Waals surface area contributed by atoms with Gasteiger partial charge in [0.15, 0.2) is 0 Å². The normalized spacial score (nSPS) is 14.9. The average molecular weight is 190 g/mol. The quantitative estimate of drug-likeness (QED) is 0.774. The first-order chi connectivity index (χ1) is 6.79. The van der Waals surface area contributed by atoms with Crippen molar-refractivity contribution in [1.82, 2.24) is 0 Å². The van der Waals surface area contributed by atoms with E-state index in [0.717, 1.165) is 0 Å². The molecule has 0 fully saturated rings. The summed E-state index contributed by atoms with van der Waals surface area (Å²) in [5.41, 5.74) is 0.683. The van der Waals surface area contributed by atoms with Crippen LogP contribution in [0.2, 0.25) is 0 Å². The predicted molar refractivity (Wildman–Crippen MR) is 45.9 cm³/mol. The van der Waals surface area contributed by atoms with Crippen molar-refractivity contribution < 1.29 is 9.90 Å². The molecule has 1 heterocycles. The van der Waals surface area contributed by atoms with Gasteiger partial charge in [0, 0.05) is 5.56 Å². The number of carboxylic acid groups (broad SMARTS) is 1. The fraction of sp³-hybridized carbons (Fsp3) is 0.125. The molecule has 1 N–H and O–H groups in total. The molecule has 0 saturated carbocycles. The molecule has 70 valence electrons. The highest BCUT2D eigenvalue weighted by Crippen LogP contribution is 2.26. The average Bonchev–Trinajstić information content (AvgIpc) is 2.70. The van der Waals surface area contributed by atoms with E-state index in [1.165, 1.54) is 6.07 Å². The van der Waals surface area contributed by atoms with Crippen LogP contribution in [0.4, 0.5) is 0 Å². The number of hydrogen-bond acceptors (Lipinski definition) is 5. The molecule has 0 unspecified atom stereocenters. The van der Waals surface area contributed by atoms with Gasteiger partial charge >= 0.3 is 5.97 Å². The molecule has 0 bridgehead atoms. The Morgan fingerprint density at radius 2 is 1.86 bits per heavy atom. The fourth-order valence-electron chi connectivity index (χ4n) is 1.21. The van der Waals surface area contributed by atoms with Gasteiger partial charge in [-0.2, -0.15) is 0 Å². The summed E-state index contributed by atoms with van der Waals surface area (Å²) in [5.74, 6) is -1.00. The van der Waals surface area contributed by atoms with Gasteiger partial charge in [0.1, 0.15) is 0 Å².